The van der Waals surface area contributed by atoms with Gasteiger partial charge in [0, 0.05) is 6.04 Å². The number of unbranched alkanes of at least 4 members (excludes halogenated alkanes) is 1. The van der Waals surface area contributed by atoms with E-state index < -0.39 is 0 Å². The van der Waals surface area contributed by atoms with Crippen molar-refractivity contribution in [2.75, 3.05) is 18.8 Å². The minimum Gasteiger partial charge on any atom is -0.300 e. The van der Waals surface area contributed by atoms with Crippen LogP contribution >= 0.6 is 12.6 Å². The second-order valence-corrected chi connectivity index (χ2v) is 4.85. The zero-order valence-corrected chi connectivity index (χ0v) is 10.4. The Labute approximate surface area is 94.7 Å². The van der Waals surface area contributed by atoms with Gasteiger partial charge < -0.3 is 4.90 Å². The first-order valence-electron chi connectivity index (χ1n) is 6.23. The van der Waals surface area contributed by atoms with Crippen LogP contribution in [0.3, 0.4) is 0 Å². The van der Waals surface area contributed by atoms with Crippen molar-refractivity contribution in [3.8, 4) is 0 Å². The standard InChI is InChI=1S/C12H25NS/c1-2-3-7-12(8-6-11-14)13-9-4-5-10-13/h12,14H,2-11H2,1H3. The SMILES string of the molecule is CCCCC(CCCS)N1CCCC1. The first kappa shape index (κ1) is 12.4. The van der Waals surface area contributed by atoms with Crippen LogP contribution < -0.4 is 0 Å². The lowest BCUT2D eigenvalue weighted by Gasteiger charge is -2.27. The van der Waals surface area contributed by atoms with E-state index in [1.807, 2.05) is 0 Å². The molecule has 14 heavy (non-hydrogen) atoms. The van der Waals surface area contributed by atoms with Crippen LogP contribution in [0.4, 0.5) is 0 Å². The molecule has 1 aliphatic heterocycles. The summed E-state index contributed by atoms with van der Waals surface area (Å²) in [6.45, 7) is 4.99. The molecule has 0 aromatic heterocycles. The smallest absolute Gasteiger partial charge is 0.00955 e. The molecule has 0 amide bonds. The average Bonchev–Trinajstić information content (AvgIpc) is 2.71. The lowest BCUT2D eigenvalue weighted by molar-refractivity contribution is 0.214. The van der Waals surface area contributed by atoms with Crippen molar-refractivity contribution < 1.29 is 0 Å². The Morgan fingerprint density at radius 2 is 1.79 bits per heavy atom. The minimum atomic E-state index is 0.865. The van der Waals surface area contributed by atoms with Crippen molar-refractivity contribution >= 4 is 12.6 Å². The van der Waals surface area contributed by atoms with E-state index in [1.54, 1.807) is 0 Å². The van der Waals surface area contributed by atoms with Gasteiger partial charge in [-0.25, -0.2) is 0 Å². The molecule has 1 nitrogen and oxygen atoms in total. The molecule has 1 unspecified atom stereocenters. The zero-order chi connectivity index (χ0) is 10.2. The molecule has 1 fully saturated rings. The summed E-state index contributed by atoms with van der Waals surface area (Å²) in [6, 6.07) is 0.865. The topological polar surface area (TPSA) is 3.24 Å². The molecule has 1 atom stereocenters. The number of thiol groups is 1. The minimum absolute atomic E-state index is 0.865. The van der Waals surface area contributed by atoms with Crippen molar-refractivity contribution in [1.82, 2.24) is 4.90 Å². The fourth-order valence-electron chi connectivity index (χ4n) is 2.38. The molecule has 0 spiro atoms. The highest BCUT2D eigenvalue weighted by Crippen LogP contribution is 2.20. The van der Waals surface area contributed by atoms with Crippen LogP contribution in [-0.4, -0.2) is 29.8 Å². The Bertz CT molecular complexity index is 124. The molecule has 1 rings (SSSR count). The third-order valence-corrected chi connectivity index (χ3v) is 3.56. The zero-order valence-electron chi connectivity index (χ0n) is 9.54. The van der Waals surface area contributed by atoms with Gasteiger partial charge in [-0.1, -0.05) is 19.8 Å². The normalized spacial score (nSPS) is 20.1. The van der Waals surface area contributed by atoms with Crippen LogP contribution in [-0.2, 0) is 0 Å². The van der Waals surface area contributed by atoms with E-state index in [0.29, 0.717) is 0 Å². The highest BCUT2D eigenvalue weighted by atomic mass is 32.1. The maximum Gasteiger partial charge on any atom is 0.00955 e. The monoisotopic (exact) mass is 215 g/mol. The summed E-state index contributed by atoms with van der Waals surface area (Å²) in [4.78, 5) is 2.71. The van der Waals surface area contributed by atoms with Crippen LogP contribution in [0.15, 0.2) is 0 Å². The predicted molar refractivity (Wildman–Crippen MR) is 67.2 cm³/mol. The maximum atomic E-state index is 4.31. The largest absolute Gasteiger partial charge is 0.300 e. The maximum absolute atomic E-state index is 4.31. The summed E-state index contributed by atoms with van der Waals surface area (Å²) < 4.78 is 0. The fourth-order valence-corrected chi connectivity index (χ4v) is 2.57. The van der Waals surface area contributed by atoms with Crippen molar-refractivity contribution in [3.63, 3.8) is 0 Å². The second-order valence-electron chi connectivity index (χ2n) is 4.40. The summed E-state index contributed by atoms with van der Waals surface area (Å²) in [5.74, 6) is 1.05. The quantitative estimate of drug-likeness (QED) is 0.637. The molecule has 0 radical (unpaired) electrons. The molecule has 0 bridgehead atoms. The van der Waals surface area contributed by atoms with E-state index in [2.05, 4.69) is 24.5 Å². The Balaban J connectivity index is 2.26. The summed E-state index contributed by atoms with van der Waals surface area (Å²) in [7, 11) is 0. The molecular weight excluding hydrogens is 190 g/mol. The van der Waals surface area contributed by atoms with E-state index in [1.165, 1.54) is 58.0 Å². The number of rotatable bonds is 7. The van der Waals surface area contributed by atoms with Crippen molar-refractivity contribution in [2.45, 2.75) is 57.9 Å². The predicted octanol–water partition coefficient (Wildman–Crippen LogP) is 3.35. The van der Waals surface area contributed by atoms with Gasteiger partial charge in [0.25, 0.3) is 0 Å². The molecule has 0 N–H and O–H groups in total. The molecule has 0 aromatic carbocycles. The highest BCUT2D eigenvalue weighted by Gasteiger charge is 2.20. The Morgan fingerprint density at radius 3 is 2.36 bits per heavy atom. The van der Waals surface area contributed by atoms with Gasteiger partial charge in [0.15, 0.2) is 0 Å². The molecule has 84 valence electrons. The van der Waals surface area contributed by atoms with E-state index in [-0.39, 0.29) is 0 Å². The third kappa shape index (κ3) is 4.22. The Morgan fingerprint density at radius 1 is 1.14 bits per heavy atom. The lowest BCUT2D eigenvalue weighted by atomic mass is 10.0. The average molecular weight is 215 g/mol. The van der Waals surface area contributed by atoms with Crippen molar-refractivity contribution in [1.29, 1.82) is 0 Å². The summed E-state index contributed by atoms with van der Waals surface area (Å²) in [5.41, 5.74) is 0. The Hall–Kier alpha value is 0.310. The third-order valence-electron chi connectivity index (χ3n) is 3.24. The van der Waals surface area contributed by atoms with E-state index in [0.717, 1.165) is 11.8 Å². The Kier molecular flexibility index (Phi) is 6.70. The van der Waals surface area contributed by atoms with Crippen LogP contribution in [0.5, 0.6) is 0 Å². The van der Waals surface area contributed by atoms with Gasteiger partial charge in [-0.2, -0.15) is 12.6 Å². The molecular formula is C12H25NS. The highest BCUT2D eigenvalue weighted by molar-refractivity contribution is 7.80. The summed E-state index contributed by atoms with van der Waals surface area (Å²) >= 11 is 4.31. The lowest BCUT2D eigenvalue weighted by Crippen LogP contribution is -2.32. The van der Waals surface area contributed by atoms with Gasteiger partial charge >= 0.3 is 0 Å². The van der Waals surface area contributed by atoms with Gasteiger partial charge in [0.2, 0.25) is 0 Å². The fraction of sp³-hybridized carbons (Fsp3) is 1.00. The molecule has 1 heterocycles. The van der Waals surface area contributed by atoms with Crippen molar-refractivity contribution in [3.05, 3.63) is 0 Å². The molecule has 0 aromatic rings. The molecule has 1 saturated heterocycles. The number of likely N-dealkylation sites (tertiary alicyclic amines) is 1. The first-order chi connectivity index (χ1) is 6.88. The molecule has 0 saturated carbocycles. The van der Waals surface area contributed by atoms with E-state index >= 15 is 0 Å². The van der Waals surface area contributed by atoms with Gasteiger partial charge in [-0.05, 0) is 50.9 Å². The number of hydrogen-bond donors (Lipinski definition) is 1. The molecule has 0 aliphatic carbocycles. The summed E-state index contributed by atoms with van der Waals surface area (Å²) in [5, 5.41) is 0. The van der Waals surface area contributed by atoms with Crippen molar-refractivity contribution in [2.24, 2.45) is 0 Å². The summed E-state index contributed by atoms with van der Waals surface area (Å²) in [6.07, 6.45) is 9.63. The van der Waals surface area contributed by atoms with E-state index in [4.69, 9.17) is 0 Å². The first-order valence-corrected chi connectivity index (χ1v) is 6.86. The molecule has 2 heteroatoms. The number of hydrogen-bond acceptors (Lipinski definition) is 2. The van der Waals surface area contributed by atoms with Crippen LogP contribution in [0.1, 0.15) is 51.9 Å². The van der Waals surface area contributed by atoms with Gasteiger partial charge in [0.1, 0.15) is 0 Å². The van der Waals surface area contributed by atoms with E-state index in [9.17, 15) is 0 Å². The van der Waals surface area contributed by atoms with Gasteiger partial charge in [-0.15, -0.1) is 0 Å². The van der Waals surface area contributed by atoms with Crippen LogP contribution in [0.2, 0.25) is 0 Å². The van der Waals surface area contributed by atoms with Gasteiger partial charge in [-0.3, -0.25) is 0 Å². The van der Waals surface area contributed by atoms with Crippen LogP contribution in [0, 0.1) is 0 Å². The van der Waals surface area contributed by atoms with Crippen LogP contribution in [0.25, 0.3) is 0 Å². The van der Waals surface area contributed by atoms with Gasteiger partial charge in [0.05, 0.1) is 0 Å². The number of nitrogens with zero attached hydrogens (tertiary/aromatic N) is 1. The molecule has 1 aliphatic rings. The second kappa shape index (κ2) is 7.58.